The number of para-hydroxylation sites is 2. The van der Waals surface area contributed by atoms with Gasteiger partial charge in [-0.3, -0.25) is 9.48 Å². The van der Waals surface area contributed by atoms with Crippen LogP contribution in [0.2, 0.25) is 0 Å². The number of carbonyl (C=O) groups excluding carboxylic acids is 1. The minimum Gasteiger partial charge on any atom is -0.345 e. The number of carbonyl (C=O) groups is 1. The lowest BCUT2D eigenvalue weighted by molar-refractivity contribution is -0.116. The summed E-state index contributed by atoms with van der Waals surface area (Å²) in [7, 11) is 3.85. The molecule has 6 heteroatoms. The Hall–Kier alpha value is -2.89. The van der Waals surface area contributed by atoms with E-state index in [4.69, 9.17) is 0 Å². The third-order valence-corrected chi connectivity index (χ3v) is 4.27. The molecule has 1 amide bonds. The van der Waals surface area contributed by atoms with Crippen molar-refractivity contribution in [2.45, 2.75) is 20.4 Å². The molecule has 0 aliphatic heterocycles. The van der Waals surface area contributed by atoms with Crippen LogP contribution < -0.4 is 5.32 Å². The molecule has 24 heavy (non-hydrogen) atoms. The second-order valence-corrected chi connectivity index (χ2v) is 5.84. The summed E-state index contributed by atoms with van der Waals surface area (Å²) in [4.78, 5) is 16.6. The molecule has 1 N–H and O–H groups in total. The highest BCUT2D eigenvalue weighted by atomic mass is 16.1. The molecule has 0 saturated heterocycles. The fraction of sp³-hybridized carbons (Fsp3) is 0.278. The third-order valence-electron chi connectivity index (χ3n) is 4.27. The fourth-order valence-corrected chi connectivity index (χ4v) is 2.77. The Balaban J connectivity index is 1.69. The lowest BCUT2D eigenvalue weighted by Crippen LogP contribution is -2.22. The van der Waals surface area contributed by atoms with Crippen LogP contribution in [0.15, 0.2) is 30.3 Å². The highest BCUT2D eigenvalue weighted by Crippen LogP contribution is 2.15. The summed E-state index contributed by atoms with van der Waals surface area (Å²) < 4.78 is 3.81. The summed E-state index contributed by atoms with van der Waals surface area (Å²) >= 11 is 0. The Morgan fingerprint density at radius 1 is 1.25 bits per heavy atom. The van der Waals surface area contributed by atoms with Gasteiger partial charge < -0.3 is 9.88 Å². The van der Waals surface area contributed by atoms with Crippen LogP contribution in [-0.2, 0) is 25.4 Å². The summed E-state index contributed by atoms with van der Waals surface area (Å²) in [6.07, 6.45) is 3.35. The van der Waals surface area contributed by atoms with Gasteiger partial charge in [-0.2, -0.15) is 5.10 Å². The number of nitrogens with one attached hydrogen (secondary N) is 1. The molecular formula is C18H21N5O. The second-order valence-electron chi connectivity index (χ2n) is 5.84. The van der Waals surface area contributed by atoms with E-state index in [1.165, 1.54) is 0 Å². The molecule has 0 unspecified atom stereocenters. The summed E-state index contributed by atoms with van der Waals surface area (Å²) in [5, 5.41) is 7.22. The summed E-state index contributed by atoms with van der Waals surface area (Å²) in [6.45, 7) is 4.31. The van der Waals surface area contributed by atoms with Crippen LogP contribution in [-0.4, -0.2) is 25.2 Å². The SMILES string of the molecule is Cc1nn(C)c(C)c1/C=C/C(=O)NCc1nc2ccccc2n1C. The standard InChI is InChI=1S/C18H21N5O/c1-12-14(13(2)23(4)21-12)9-10-18(24)19-11-17-20-15-7-5-6-8-16(15)22(17)3/h5-10H,11H2,1-4H3,(H,19,24)/b10-9+. The minimum absolute atomic E-state index is 0.148. The smallest absolute Gasteiger partial charge is 0.244 e. The highest BCUT2D eigenvalue weighted by molar-refractivity contribution is 5.92. The summed E-state index contributed by atoms with van der Waals surface area (Å²) in [5.41, 5.74) is 4.91. The maximum Gasteiger partial charge on any atom is 0.244 e. The first-order chi connectivity index (χ1) is 11.5. The Morgan fingerprint density at radius 2 is 2.00 bits per heavy atom. The predicted octanol–water partition coefficient (Wildman–Crippen LogP) is 2.25. The van der Waals surface area contributed by atoms with Gasteiger partial charge in [0.2, 0.25) is 5.91 Å². The molecule has 0 aliphatic rings. The third kappa shape index (κ3) is 2.95. The normalized spacial score (nSPS) is 11.5. The average Bonchev–Trinajstić information content (AvgIpc) is 3.01. The molecule has 0 aliphatic carbocycles. The van der Waals surface area contributed by atoms with Gasteiger partial charge in [-0.25, -0.2) is 4.98 Å². The zero-order chi connectivity index (χ0) is 17.3. The molecule has 3 aromatic rings. The van der Waals surface area contributed by atoms with E-state index in [1.54, 1.807) is 6.08 Å². The van der Waals surface area contributed by atoms with Gasteiger partial charge in [0.25, 0.3) is 0 Å². The van der Waals surface area contributed by atoms with E-state index in [0.29, 0.717) is 6.54 Å². The van der Waals surface area contributed by atoms with E-state index >= 15 is 0 Å². The average molecular weight is 323 g/mol. The van der Waals surface area contributed by atoms with Gasteiger partial charge in [0.05, 0.1) is 23.3 Å². The van der Waals surface area contributed by atoms with E-state index in [0.717, 1.165) is 33.8 Å². The second kappa shape index (κ2) is 6.31. The van der Waals surface area contributed by atoms with Crippen molar-refractivity contribution < 1.29 is 4.79 Å². The van der Waals surface area contributed by atoms with E-state index in [1.807, 2.05) is 67.5 Å². The number of imidazole rings is 1. The first-order valence-electron chi connectivity index (χ1n) is 7.84. The quantitative estimate of drug-likeness (QED) is 0.749. The van der Waals surface area contributed by atoms with Crippen molar-refractivity contribution in [3.8, 4) is 0 Å². The Labute approximate surface area is 140 Å². The monoisotopic (exact) mass is 323 g/mol. The molecule has 0 atom stereocenters. The molecule has 6 nitrogen and oxygen atoms in total. The lowest BCUT2D eigenvalue weighted by Gasteiger charge is -2.03. The zero-order valence-electron chi connectivity index (χ0n) is 14.4. The number of nitrogens with zero attached hydrogens (tertiary/aromatic N) is 4. The van der Waals surface area contributed by atoms with Crippen LogP contribution in [0, 0.1) is 13.8 Å². The molecule has 2 aromatic heterocycles. The molecule has 0 radical (unpaired) electrons. The van der Waals surface area contributed by atoms with Crippen molar-refractivity contribution in [1.82, 2.24) is 24.6 Å². The maximum absolute atomic E-state index is 12.1. The molecule has 0 spiro atoms. The Morgan fingerprint density at radius 3 is 2.67 bits per heavy atom. The number of amides is 1. The largest absolute Gasteiger partial charge is 0.345 e. The maximum atomic E-state index is 12.1. The van der Waals surface area contributed by atoms with Crippen LogP contribution in [0.3, 0.4) is 0 Å². The van der Waals surface area contributed by atoms with Gasteiger partial charge in [-0.15, -0.1) is 0 Å². The molecule has 0 saturated carbocycles. The van der Waals surface area contributed by atoms with Gasteiger partial charge in [-0.05, 0) is 32.1 Å². The van der Waals surface area contributed by atoms with Crippen LogP contribution in [0.25, 0.3) is 17.1 Å². The van der Waals surface area contributed by atoms with Crippen molar-refractivity contribution in [1.29, 1.82) is 0 Å². The van der Waals surface area contributed by atoms with E-state index in [-0.39, 0.29) is 5.91 Å². The number of aromatic nitrogens is 4. The van der Waals surface area contributed by atoms with Crippen molar-refractivity contribution in [3.05, 3.63) is 53.1 Å². The van der Waals surface area contributed by atoms with Crippen LogP contribution in [0.5, 0.6) is 0 Å². The number of aryl methyl sites for hydroxylation is 3. The molecule has 1 aromatic carbocycles. The number of rotatable bonds is 4. The van der Waals surface area contributed by atoms with E-state index in [2.05, 4.69) is 15.4 Å². The summed E-state index contributed by atoms with van der Waals surface area (Å²) in [6, 6.07) is 7.92. The van der Waals surface area contributed by atoms with Crippen molar-refractivity contribution in [2.24, 2.45) is 14.1 Å². The Bertz CT molecular complexity index is 932. The van der Waals surface area contributed by atoms with Crippen molar-refractivity contribution in [3.63, 3.8) is 0 Å². The first-order valence-corrected chi connectivity index (χ1v) is 7.84. The number of fused-ring (bicyclic) bond motifs is 1. The topological polar surface area (TPSA) is 64.7 Å². The molecule has 0 fully saturated rings. The minimum atomic E-state index is -0.148. The number of hydrogen-bond acceptors (Lipinski definition) is 3. The molecule has 2 heterocycles. The molecule has 3 rings (SSSR count). The predicted molar refractivity (Wildman–Crippen MR) is 94.3 cm³/mol. The van der Waals surface area contributed by atoms with Gasteiger partial charge in [0.1, 0.15) is 5.82 Å². The summed E-state index contributed by atoms with van der Waals surface area (Å²) in [5.74, 6) is 0.677. The molecule has 124 valence electrons. The number of benzene rings is 1. The van der Waals surface area contributed by atoms with Gasteiger partial charge in [0.15, 0.2) is 0 Å². The fourth-order valence-electron chi connectivity index (χ4n) is 2.77. The van der Waals surface area contributed by atoms with Crippen LogP contribution in [0.1, 0.15) is 22.8 Å². The van der Waals surface area contributed by atoms with Crippen molar-refractivity contribution >= 4 is 23.0 Å². The van der Waals surface area contributed by atoms with Crippen molar-refractivity contribution in [2.75, 3.05) is 0 Å². The highest BCUT2D eigenvalue weighted by Gasteiger charge is 2.09. The zero-order valence-corrected chi connectivity index (χ0v) is 14.4. The number of hydrogen-bond donors (Lipinski definition) is 1. The van der Waals surface area contributed by atoms with Crippen LogP contribution >= 0.6 is 0 Å². The van der Waals surface area contributed by atoms with Crippen LogP contribution in [0.4, 0.5) is 0 Å². The van der Waals surface area contributed by atoms with Gasteiger partial charge >= 0.3 is 0 Å². The Kier molecular flexibility index (Phi) is 4.20. The van der Waals surface area contributed by atoms with Gasteiger partial charge in [-0.1, -0.05) is 12.1 Å². The lowest BCUT2D eigenvalue weighted by atomic mass is 10.2. The first kappa shape index (κ1) is 16.0. The molecule has 0 bridgehead atoms. The molecular weight excluding hydrogens is 302 g/mol. The van der Waals surface area contributed by atoms with E-state index < -0.39 is 0 Å². The van der Waals surface area contributed by atoms with Gasteiger partial charge in [0, 0.05) is 31.4 Å². The van der Waals surface area contributed by atoms with E-state index in [9.17, 15) is 4.79 Å².